The van der Waals surface area contributed by atoms with E-state index in [0.717, 1.165) is 25.4 Å². The van der Waals surface area contributed by atoms with Crippen molar-refractivity contribution in [2.75, 3.05) is 24.5 Å². The Morgan fingerprint density at radius 2 is 1.85 bits per heavy atom. The van der Waals surface area contributed by atoms with Crippen molar-refractivity contribution in [2.45, 2.75) is 52.5 Å². The number of hydrogen-bond acceptors (Lipinski definition) is 2. The fraction of sp³-hybridized carbons (Fsp3) is 0.667. The molecule has 0 bridgehead atoms. The summed E-state index contributed by atoms with van der Waals surface area (Å²) in [6, 6.07) is 9.72. The van der Waals surface area contributed by atoms with Gasteiger partial charge in [0.15, 0.2) is 0 Å². The van der Waals surface area contributed by atoms with Crippen molar-refractivity contribution < 1.29 is 0 Å². The molecular formula is C18H30N2. The lowest BCUT2D eigenvalue weighted by molar-refractivity contribution is 0.518. The van der Waals surface area contributed by atoms with Crippen molar-refractivity contribution in [3.8, 4) is 0 Å². The maximum Gasteiger partial charge on any atom is 0.0366 e. The van der Waals surface area contributed by atoms with E-state index in [9.17, 15) is 0 Å². The lowest BCUT2D eigenvalue weighted by Crippen LogP contribution is -2.25. The second kappa shape index (κ2) is 7.68. The molecule has 0 heterocycles. The van der Waals surface area contributed by atoms with Gasteiger partial charge in [-0.25, -0.2) is 0 Å². The Hall–Kier alpha value is -1.02. The van der Waals surface area contributed by atoms with Crippen LogP contribution in [-0.2, 0) is 0 Å². The van der Waals surface area contributed by atoms with E-state index in [1.807, 2.05) is 0 Å². The van der Waals surface area contributed by atoms with Crippen molar-refractivity contribution >= 4 is 5.69 Å². The average Bonchev–Trinajstić information content (AvgIpc) is 3.30. The molecule has 2 nitrogen and oxygen atoms in total. The van der Waals surface area contributed by atoms with Gasteiger partial charge in [-0.15, -0.1) is 0 Å². The molecule has 1 aromatic rings. The number of benzene rings is 1. The highest BCUT2D eigenvalue weighted by molar-refractivity contribution is 5.48. The second-order valence-corrected chi connectivity index (χ2v) is 5.99. The largest absolute Gasteiger partial charge is 0.372 e. The van der Waals surface area contributed by atoms with Crippen molar-refractivity contribution in [1.29, 1.82) is 0 Å². The van der Waals surface area contributed by atoms with E-state index in [1.54, 1.807) is 0 Å². The van der Waals surface area contributed by atoms with E-state index in [-0.39, 0.29) is 0 Å². The van der Waals surface area contributed by atoms with Crippen LogP contribution in [0.5, 0.6) is 0 Å². The van der Waals surface area contributed by atoms with Crippen LogP contribution in [0.2, 0.25) is 0 Å². The number of rotatable bonds is 9. The Labute approximate surface area is 124 Å². The molecule has 1 aromatic carbocycles. The lowest BCUT2D eigenvalue weighted by Gasteiger charge is -2.24. The number of nitrogens with one attached hydrogen (secondary N) is 1. The molecule has 0 saturated heterocycles. The summed E-state index contributed by atoms with van der Waals surface area (Å²) in [5, 5.41) is 3.63. The van der Waals surface area contributed by atoms with Gasteiger partial charge >= 0.3 is 0 Å². The number of hydrogen-bond donors (Lipinski definition) is 1. The number of nitrogens with zero attached hydrogens (tertiary/aromatic N) is 1. The fourth-order valence-electron chi connectivity index (χ4n) is 2.76. The van der Waals surface area contributed by atoms with E-state index in [4.69, 9.17) is 0 Å². The Kier molecular flexibility index (Phi) is 5.90. The Morgan fingerprint density at radius 3 is 2.35 bits per heavy atom. The molecule has 0 spiro atoms. The zero-order valence-corrected chi connectivity index (χ0v) is 13.4. The van der Waals surface area contributed by atoms with Crippen LogP contribution < -0.4 is 10.2 Å². The molecule has 0 aromatic heterocycles. The predicted molar refractivity (Wildman–Crippen MR) is 88.4 cm³/mol. The van der Waals surface area contributed by atoms with E-state index >= 15 is 0 Å². The maximum absolute atomic E-state index is 3.63. The highest BCUT2D eigenvalue weighted by atomic mass is 15.1. The summed E-state index contributed by atoms with van der Waals surface area (Å²) >= 11 is 0. The first-order chi connectivity index (χ1) is 9.78. The average molecular weight is 274 g/mol. The zero-order valence-electron chi connectivity index (χ0n) is 13.4. The summed E-state index contributed by atoms with van der Waals surface area (Å²) in [5.74, 6) is 0.948. The standard InChI is InChI=1S/C18H30N2/c1-4-13-19-18(5-2)16-9-11-17(12-10-16)20(6-3)14-15-7-8-15/h9-12,15,18-19H,4-8,13-14H2,1-3H3. The van der Waals surface area contributed by atoms with Gasteiger partial charge in [-0.1, -0.05) is 26.0 Å². The first-order valence-electron chi connectivity index (χ1n) is 8.36. The van der Waals surface area contributed by atoms with Crippen molar-refractivity contribution in [2.24, 2.45) is 5.92 Å². The minimum absolute atomic E-state index is 0.502. The van der Waals surface area contributed by atoms with Gasteiger partial charge < -0.3 is 10.2 Å². The lowest BCUT2D eigenvalue weighted by atomic mass is 10.0. The molecule has 0 amide bonds. The van der Waals surface area contributed by atoms with Crippen LogP contribution in [0.15, 0.2) is 24.3 Å². The molecule has 1 fully saturated rings. The van der Waals surface area contributed by atoms with E-state index in [0.29, 0.717) is 6.04 Å². The molecule has 1 saturated carbocycles. The zero-order chi connectivity index (χ0) is 14.4. The first-order valence-corrected chi connectivity index (χ1v) is 8.36. The highest BCUT2D eigenvalue weighted by Crippen LogP contribution is 2.31. The molecule has 1 atom stereocenters. The molecule has 1 N–H and O–H groups in total. The van der Waals surface area contributed by atoms with Gasteiger partial charge in [0.2, 0.25) is 0 Å². The normalized spacial score (nSPS) is 16.1. The SMILES string of the molecule is CCCNC(CC)c1ccc(N(CC)CC2CC2)cc1. The van der Waals surface area contributed by atoms with E-state index in [1.165, 1.54) is 37.1 Å². The fourth-order valence-corrected chi connectivity index (χ4v) is 2.76. The summed E-state index contributed by atoms with van der Waals surface area (Å²) in [6.45, 7) is 10.2. The summed E-state index contributed by atoms with van der Waals surface area (Å²) in [4.78, 5) is 2.52. The van der Waals surface area contributed by atoms with Crippen molar-refractivity contribution in [3.63, 3.8) is 0 Å². The Balaban J connectivity index is 1.99. The molecule has 1 unspecified atom stereocenters. The van der Waals surface area contributed by atoms with Crippen LogP contribution in [0.3, 0.4) is 0 Å². The third-order valence-electron chi connectivity index (χ3n) is 4.27. The van der Waals surface area contributed by atoms with Crippen LogP contribution >= 0.6 is 0 Å². The quantitative estimate of drug-likeness (QED) is 0.719. The second-order valence-electron chi connectivity index (χ2n) is 5.99. The molecular weight excluding hydrogens is 244 g/mol. The minimum atomic E-state index is 0.502. The van der Waals surface area contributed by atoms with Gasteiger partial charge in [-0.3, -0.25) is 0 Å². The van der Waals surface area contributed by atoms with Crippen LogP contribution in [-0.4, -0.2) is 19.6 Å². The van der Waals surface area contributed by atoms with Gasteiger partial charge in [0.25, 0.3) is 0 Å². The van der Waals surface area contributed by atoms with Gasteiger partial charge in [-0.05, 0) is 62.8 Å². The van der Waals surface area contributed by atoms with Crippen LogP contribution in [0.1, 0.15) is 58.1 Å². The molecule has 0 aliphatic heterocycles. The van der Waals surface area contributed by atoms with E-state index in [2.05, 4.69) is 55.3 Å². The summed E-state index contributed by atoms with van der Waals surface area (Å²) in [6.07, 6.45) is 5.19. The van der Waals surface area contributed by atoms with Crippen LogP contribution in [0, 0.1) is 5.92 Å². The summed E-state index contributed by atoms with van der Waals surface area (Å²) in [5.41, 5.74) is 2.81. The van der Waals surface area contributed by atoms with Gasteiger partial charge in [0.05, 0.1) is 0 Å². The predicted octanol–water partition coefficient (Wildman–Crippen LogP) is 4.37. The van der Waals surface area contributed by atoms with Gasteiger partial charge in [0.1, 0.15) is 0 Å². The third-order valence-corrected chi connectivity index (χ3v) is 4.27. The first kappa shape index (κ1) is 15.4. The van der Waals surface area contributed by atoms with Gasteiger partial charge in [0, 0.05) is 24.8 Å². The molecule has 1 aliphatic rings. The molecule has 1 aliphatic carbocycles. The van der Waals surface area contributed by atoms with Gasteiger partial charge in [-0.2, -0.15) is 0 Å². The minimum Gasteiger partial charge on any atom is -0.372 e. The Morgan fingerprint density at radius 1 is 1.15 bits per heavy atom. The number of anilines is 1. The van der Waals surface area contributed by atoms with E-state index < -0.39 is 0 Å². The summed E-state index contributed by atoms with van der Waals surface area (Å²) in [7, 11) is 0. The molecule has 112 valence electrons. The molecule has 0 radical (unpaired) electrons. The maximum atomic E-state index is 3.63. The monoisotopic (exact) mass is 274 g/mol. The summed E-state index contributed by atoms with van der Waals surface area (Å²) < 4.78 is 0. The third kappa shape index (κ3) is 4.24. The molecule has 2 rings (SSSR count). The molecule has 20 heavy (non-hydrogen) atoms. The van der Waals surface area contributed by atoms with Crippen molar-refractivity contribution in [1.82, 2.24) is 5.32 Å². The highest BCUT2D eigenvalue weighted by Gasteiger charge is 2.23. The topological polar surface area (TPSA) is 15.3 Å². The van der Waals surface area contributed by atoms with Crippen molar-refractivity contribution in [3.05, 3.63) is 29.8 Å². The van der Waals surface area contributed by atoms with Crippen LogP contribution in [0.25, 0.3) is 0 Å². The molecule has 2 heteroatoms. The van der Waals surface area contributed by atoms with Crippen LogP contribution in [0.4, 0.5) is 5.69 Å². The Bertz CT molecular complexity index is 381. The smallest absolute Gasteiger partial charge is 0.0366 e.